The number of anilines is 1. The van der Waals surface area contributed by atoms with Gasteiger partial charge in [-0.05, 0) is 65.6 Å². The zero-order valence-corrected chi connectivity index (χ0v) is 21.8. The molecular weight excluding hydrogens is 530 g/mol. The van der Waals surface area contributed by atoms with Crippen molar-refractivity contribution in [2.75, 3.05) is 12.5 Å². The van der Waals surface area contributed by atoms with Gasteiger partial charge in [-0.2, -0.15) is 5.01 Å². The van der Waals surface area contributed by atoms with Crippen LogP contribution in [0.2, 0.25) is 10.0 Å². The Labute approximate surface area is 228 Å². The van der Waals surface area contributed by atoms with Crippen molar-refractivity contribution in [1.29, 1.82) is 0 Å². The number of aromatic hydroxyl groups is 1. The van der Waals surface area contributed by atoms with E-state index >= 15 is 0 Å². The molecule has 1 heterocycles. The maximum absolute atomic E-state index is 14.6. The van der Waals surface area contributed by atoms with Gasteiger partial charge in [-0.1, -0.05) is 60.1 Å². The highest BCUT2D eigenvalue weighted by atomic mass is 35.5. The number of rotatable bonds is 6. The van der Waals surface area contributed by atoms with Crippen molar-refractivity contribution in [2.45, 2.75) is 17.8 Å². The molecule has 2 N–H and O–H groups in total. The SMILES string of the molecule is C=CC1=CC[C@H]2C(=O)N(Nc3ccc(Cl)cc3Cl)C(=O)[C@@]2(c2ccc(OC)cc2)[C@H]1c1ccc(O)c(F)c1. The highest BCUT2D eigenvalue weighted by Crippen LogP contribution is 2.58. The number of carbonyl (C=O) groups excluding carboxylic acids is 2. The summed E-state index contributed by atoms with van der Waals surface area (Å²) in [6.45, 7) is 3.93. The number of amides is 2. The van der Waals surface area contributed by atoms with Crippen molar-refractivity contribution in [3.63, 3.8) is 0 Å². The van der Waals surface area contributed by atoms with E-state index < -0.39 is 40.6 Å². The molecular formula is C29H23Cl2FN2O4. The summed E-state index contributed by atoms with van der Waals surface area (Å²) >= 11 is 12.4. The van der Waals surface area contributed by atoms with Crippen LogP contribution in [-0.2, 0) is 15.0 Å². The summed E-state index contributed by atoms with van der Waals surface area (Å²) in [5.74, 6) is -3.38. The molecule has 0 unspecified atom stereocenters. The maximum Gasteiger partial charge on any atom is 0.260 e. The molecule has 0 bridgehead atoms. The Hall–Kier alpha value is -3.81. The first-order valence-electron chi connectivity index (χ1n) is 11.8. The predicted molar refractivity (Wildman–Crippen MR) is 144 cm³/mol. The first kappa shape index (κ1) is 25.8. The number of nitrogens with zero attached hydrogens (tertiary/aromatic N) is 1. The number of nitrogens with one attached hydrogen (secondary N) is 1. The van der Waals surface area contributed by atoms with Crippen LogP contribution in [0.5, 0.6) is 11.5 Å². The third-order valence-electron chi connectivity index (χ3n) is 7.27. The van der Waals surface area contributed by atoms with Crippen molar-refractivity contribution in [2.24, 2.45) is 5.92 Å². The second-order valence-corrected chi connectivity index (χ2v) is 10.00. The van der Waals surface area contributed by atoms with Gasteiger partial charge in [-0.25, -0.2) is 4.39 Å². The predicted octanol–water partition coefficient (Wildman–Crippen LogP) is 6.40. The molecule has 1 saturated heterocycles. The van der Waals surface area contributed by atoms with E-state index in [4.69, 9.17) is 27.9 Å². The molecule has 6 nitrogen and oxygen atoms in total. The number of allylic oxidation sites excluding steroid dienone is 3. The number of fused-ring (bicyclic) bond motifs is 1. The van der Waals surface area contributed by atoms with Crippen LogP contribution in [0, 0.1) is 11.7 Å². The largest absolute Gasteiger partial charge is 0.505 e. The lowest BCUT2D eigenvalue weighted by molar-refractivity contribution is -0.138. The van der Waals surface area contributed by atoms with Gasteiger partial charge in [0.25, 0.3) is 11.8 Å². The molecule has 1 aliphatic carbocycles. The van der Waals surface area contributed by atoms with E-state index in [-0.39, 0.29) is 11.4 Å². The number of hydrogen-bond donors (Lipinski definition) is 2. The van der Waals surface area contributed by atoms with Gasteiger partial charge < -0.3 is 9.84 Å². The number of imide groups is 1. The van der Waals surface area contributed by atoms with E-state index in [0.717, 1.165) is 5.01 Å². The Balaban J connectivity index is 1.74. The smallest absolute Gasteiger partial charge is 0.260 e. The van der Waals surface area contributed by atoms with Gasteiger partial charge in [0.1, 0.15) is 5.75 Å². The summed E-state index contributed by atoms with van der Waals surface area (Å²) < 4.78 is 20.0. The summed E-state index contributed by atoms with van der Waals surface area (Å²) in [5.41, 5.74) is 3.39. The fourth-order valence-corrected chi connectivity index (χ4v) is 6.01. The number of ether oxygens (including phenoxy) is 1. The molecule has 1 fully saturated rings. The number of hydrazine groups is 1. The van der Waals surface area contributed by atoms with Gasteiger partial charge in [0.05, 0.1) is 29.2 Å². The lowest BCUT2D eigenvalue weighted by Crippen LogP contribution is -2.48. The number of benzene rings is 3. The van der Waals surface area contributed by atoms with Crippen molar-refractivity contribution in [3.05, 3.63) is 112 Å². The number of phenols is 1. The Morgan fingerprint density at radius 2 is 1.87 bits per heavy atom. The monoisotopic (exact) mass is 552 g/mol. The fourth-order valence-electron chi connectivity index (χ4n) is 5.55. The van der Waals surface area contributed by atoms with E-state index in [0.29, 0.717) is 33.2 Å². The van der Waals surface area contributed by atoms with Gasteiger partial charge in [0, 0.05) is 10.9 Å². The average molecular weight is 553 g/mol. The quantitative estimate of drug-likeness (QED) is 0.346. The minimum Gasteiger partial charge on any atom is -0.505 e. The van der Waals surface area contributed by atoms with E-state index in [1.807, 2.05) is 6.08 Å². The Morgan fingerprint density at radius 1 is 1.13 bits per heavy atom. The lowest BCUT2D eigenvalue weighted by atomic mass is 9.56. The second-order valence-electron chi connectivity index (χ2n) is 9.15. The second kappa shape index (κ2) is 9.82. The molecule has 0 aromatic heterocycles. The molecule has 0 radical (unpaired) electrons. The summed E-state index contributed by atoms with van der Waals surface area (Å²) in [5, 5.41) is 11.5. The highest BCUT2D eigenvalue weighted by Gasteiger charge is 2.65. The van der Waals surface area contributed by atoms with Gasteiger partial charge in [0.15, 0.2) is 11.6 Å². The van der Waals surface area contributed by atoms with Gasteiger partial charge in [-0.15, -0.1) is 0 Å². The van der Waals surface area contributed by atoms with Crippen LogP contribution in [-0.4, -0.2) is 29.0 Å². The minimum atomic E-state index is -1.46. The number of carbonyl (C=O) groups is 2. The first-order valence-corrected chi connectivity index (χ1v) is 12.5. The van der Waals surface area contributed by atoms with Crippen molar-refractivity contribution < 1.29 is 23.8 Å². The van der Waals surface area contributed by atoms with Crippen LogP contribution in [0.15, 0.2) is 85.0 Å². The fraction of sp³-hybridized carbons (Fsp3) is 0.172. The Morgan fingerprint density at radius 3 is 2.50 bits per heavy atom. The zero-order valence-electron chi connectivity index (χ0n) is 20.3. The van der Waals surface area contributed by atoms with Crippen LogP contribution in [0.3, 0.4) is 0 Å². The number of phenolic OH excluding ortho intramolecular Hbond substituents is 1. The number of methoxy groups -OCH3 is 1. The molecule has 3 atom stereocenters. The van der Waals surface area contributed by atoms with Gasteiger partial charge in [-0.3, -0.25) is 15.0 Å². The van der Waals surface area contributed by atoms with Crippen LogP contribution >= 0.6 is 23.2 Å². The number of hydrogen-bond acceptors (Lipinski definition) is 5. The van der Waals surface area contributed by atoms with E-state index in [1.54, 1.807) is 48.5 Å². The normalized spacial score (nSPS) is 22.6. The van der Waals surface area contributed by atoms with Gasteiger partial charge in [0.2, 0.25) is 0 Å². The van der Waals surface area contributed by atoms with Crippen molar-refractivity contribution in [1.82, 2.24) is 5.01 Å². The summed E-state index contributed by atoms with van der Waals surface area (Å²) in [6.07, 6.45) is 3.71. The van der Waals surface area contributed by atoms with Crippen LogP contribution in [0.4, 0.5) is 10.1 Å². The Kier molecular flexibility index (Phi) is 6.67. The molecule has 1 aliphatic heterocycles. The summed E-state index contributed by atoms with van der Waals surface area (Å²) in [6, 6.07) is 15.6. The van der Waals surface area contributed by atoms with E-state index in [1.165, 1.54) is 25.3 Å². The van der Waals surface area contributed by atoms with Crippen LogP contribution in [0.25, 0.3) is 0 Å². The molecule has 38 heavy (non-hydrogen) atoms. The maximum atomic E-state index is 14.6. The van der Waals surface area contributed by atoms with Crippen molar-refractivity contribution >= 4 is 40.7 Å². The molecule has 2 aliphatic rings. The first-order chi connectivity index (χ1) is 18.2. The molecule has 0 spiro atoms. The third-order valence-corrected chi connectivity index (χ3v) is 7.82. The topological polar surface area (TPSA) is 78.9 Å². The highest BCUT2D eigenvalue weighted by molar-refractivity contribution is 6.36. The Bertz CT molecular complexity index is 1490. The van der Waals surface area contributed by atoms with E-state index in [2.05, 4.69) is 12.0 Å². The minimum absolute atomic E-state index is 0.230. The third kappa shape index (κ3) is 3.94. The van der Waals surface area contributed by atoms with Gasteiger partial charge >= 0.3 is 0 Å². The number of halogens is 3. The van der Waals surface area contributed by atoms with E-state index in [9.17, 15) is 19.1 Å². The molecule has 3 aromatic rings. The molecule has 2 amide bonds. The molecule has 194 valence electrons. The summed E-state index contributed by atoms with van der Waals surface area (Å²) in [7, 11) is 1.53. The van der Waals surface area contributed by atoms with Crippen LogP contribution in [0.1, 0.15) is 23.5 Å². The lowest BCUT2D eigenvalue weighted by Gasteiger charge is -2.43. The average Bonchev–Trinajstić information content (AvgIpc) is 3.13. The summed E-state index contributed by atoms with van der Waals surface area (Å²) in [4.78, 5) is 28.5. The van der Waals surface area contributed by atoms with Crippen LogP contribution < -0.4 is 10.2 Å². The zero-order chi connectivity index (χ0) is 27.2. The standard InChI is InChI=1S/C29H23Cl2FN2O4/c1-3-16-4-11-21-27(36)34(33-24-12-8-19(30)15-22(24)31)28(37)29(21,18-6-9-20(38-2)10-7-18)26(16)17-5-13-25(35)23(32)14-17/h3-10,12-15,21,26,33,35H,1,11H2,2H3/t21-,26+,29+/m0/s1. The molecule has 3 aromatic carbocycles. The molecule has 0 saturated carbocycles. The molecule has 9 heteroatoms. The molecule has 5 rings (SSSR count). The van der Waals surface area contributed by atoms with Crippen molar-refractivity contribution in [3.8, 4) is 11.5 Å².